The third-order valence-electron chi connectivity index (χ3n) is 7.10. The molecule has 37 heavy (non-hydrogen) atoms. The van der Waals surface area contributed by atoms with E-state index < -0.39 is 5.97 Å². The van der Waals surface area contributed by atoms with E-state index in [2.05, 4.69) is 59.4 Å². The summed E-state index contributed by atoms with van der Waals surface area (Å²) >= 11 is 5.89. The Hall–Kier alpha value is -3.97. The summed E-state index contributed by atoms with van der Waals surface area (Å²) in [6.45, 7) is 8.41. The highest BCUT2D eigenvalue weighted by molar-refractivity contribution is 7.80. The van der Waals surface area contributed by atoms with Crippen LogP contribution in [0.4, 0.5) is 5.69 Å². The Kier molecular flexibility index (Phi) is 6.56. The first-order valence-corrected chi connectivity index (χ1v) is 12.8. The fraction of sp³-hybridized carbons (Fsp3) is 0.233. The van der Waals surface area contributed by atoms with E-state index >= 15 is 0 Å². The van der Waals surface area contributed by atoms with Crippen molar-refractivity contribution in [2.45, 2.75) is 45.7 Å². The fourth-order valence-corrected chi connectivity index (χ4v) is 5.62. The third kappa shape index (κ3) is 4.40. The van der Waals surface area contributed by atoms with Crippen molar-refractivity contribution in [3.8, 4) is 5.69 Å². The normalized spacial score (nSPS) is 17.3. The Balaban J connectivity index is 1.68. The third-order valence-corrected chi connectivity index (χ3v) is 7.41. The monoisotopic (exact) mass is 510 g/mol. The second-order valence-electron chi connectivity index (χ2n) is 9.73. The van der Waals surface area contributed by atoms with E-state index in [4.69, 9.17) is 12.2 Å². The molecule has 0 spiro atoms. The number of carboxylic acid groups (broad SMARTS) is 1. The molecule has 5 rings (SSSR count). The van der Waals surface area contributed by atoms with Gasteiger partial charge in [0.15, 0.2) is 5.11 Å². The lowest BCUT2D eigenvalue weighted by molar-refractivity contribution is 0.0697. The molecule has 1 saturated heterocycles. The summed E-state index contributed by atoms with van der Waals surface area (Å²) in [6, 6.07) is 23.3. The Morgan fingerprint density at radius 3 is 2.38 bits per heavy atom. The van der Waals surface area contributed by atoms with Gasteiger partial charge >= 0.3 is 5.97 Å². The Morgan fingerprint density at radius 1 is 1.03 bits per heavy atom. The first-order chi connectivity index (χ1) is 17.8. The number of carboxylic acids is 1. The lowest BCUT2D eigenvalue weighted by Crippen LogP contribution is -2.29. The van der Waals surface area contributed by atoms with Crippen LogP contribution in [0.15, 0.2) is 79.0 Å². The molecule has 4 aromatic rings. The summed E-state index contributed by atoms with van der Waals surface area (Å²) in [5.41, 5.74) is 7.05. The zero-order chi connectivity index (χ0) is 26.3. The number of aromatic nitrogens is 2. The number of benzene rings is 2. The van der Waals surface area contributed by atoms with Crippen molar-refractivity contribution in [3.63, 3.8) is 0 Å². The number of pyridine rings is 1. The maximum absolute atomic E-state index is 12.0. The molecule has 1 fully saturated rings. The van der Waals surface area contributed by atoms with Crippen molar-refractivity contribution in [1.82, 2.24) is 14.9 Å². The molecule has 3 heterocycles. The van der Waals surface area contributed by atoms with Gasteiger partial charge in [0.1, 0.15) is 0 Å². The highest BCUT2D eigenvalue weighted by Crippen LogP contribution is 2.44. The van der Waals surface area contributed by atoms with E-state index in [1.54, 1.807) is 18.3 Å². The molecule has 0 saturated carbocycles. The minimum absolute atomic E-state index is 0.177. The van der Waals surface area contributed by atoms with Crippen LogP contribution in [0.25, 0.3) is 5.69 Å². The summed E-state index contributed by atoms with van der Waals surface area (Å²) in [7, 11) is 0. The van der Waals surface area contributed by atoms with Gasteiger partial charge in [0.2, 0.25) is 0 Å². The van der Waals surface area contributed by atoms with E-state index in [0.29, 0.717) is 16.7 Å². The van der Waals surface area contributed by atoms with Crippen LogP contribution in [0.5, 0.6) is 0 Å². The van der Waals surface area contributed by atoms with Crippen LogP contribution in [0.2, 0.25) is 0 Å². The number of nitrogens with zero attached hydrogens (tertiary/aromatic N) is 3. The second kappa shape index (κ2) is 9.82. The molecule has 0 amide bonds. The van der Waals surface area contributed by atoms with Gasteiger partial charge in [-0.25, -0.2) is 4.79 Å². The molecular weight excluding hydrogens is 480 g/mol. The summed E-state index contributed by atoms with van der Waals surface area (Å²) in [5.74, 6) is -0.519. The predicted octanol–water partition coefficient (Wildman–Crippen LogP) is 6.49. The van der Waals surface area contributed by atoms with Gasteiger partial charge in [0.05, 0.1) is 29.0 Å². The summed E-state index contributed by atoms with van der Waals surface area (Å²) in [5, 5.41) is 14.0. The maximum atomic E-state index is 12.0. The van der Waals surface area contributed by atoms with Gasteiger partial charge in [-0.2, -0.15) is 0 Å². The van der Waals surface area contributed by atoms with Crippen molar-refractivity contribution >= 4 is 29.0 Å². The number of hydrogen-bond acceptors (Lipinski definition) is 3. The number of thiocarbonyl (C=S) groups is 1. The number of anilines is 1. The molecule has 2 N–H and O–H groups in total. The van der Waals surface area contributed by atoms with E-state index in [0.717, 1.165) is 28.3 Å². The van der Waals surface area contributed by atoms with Crippen molar-refractivity contribution in [1.29, 1.82) is 0 Å². The summed E-state index contributed by atoms with van der Waals surface area (Å²) < 4.78 is 2.02. The predicted molar refractivity (Wildman–Crippen MR) is 151 cm³/mol. The molecule has 1 aliphatic heterocycles. The van der Waals surface area contributed by atoms with Gasteiger partial charge in [-0.05, 0) is 85.6 Å². The zero-order valence-electron chi connectivity index (χ0n) is 21.3. The van der Waals surface area contributed by atoms with Crippen LogP contribution in [-0.2, 0) is 0 Å². The molecule has 0 unspecified atom stereocenters. The number of rotatable bonds is 6. The van der Waals surface area contributed by atoms with Crippen LogP contribution in [-0.4, -0.2) is 25.7 Å². The fourth-order valence-electron chi connectivity index (χ4n) is 5.28. The van der Waals surface area contributed by atoms with E-state index in [9.17, 15) is 9.90 Å². The average Bonchev–Trinajstić information content (AvgIpc) is 3.39. The standard InChI is InChI=1S/C30H30N4O2S/c1-18(2)21-12-14-22(15-13-21)34-28(27(32-30(34)37)25-10-7-8-16-31-25)24-17-19(3)33(20(24)4)26-11-6-5-9-23(26)29(35)36/h5-18,27-28H,1-4H3,(H,32,37)(H,35,36)/t27-,28-/m1/s1. The van der Waals surface area contributed by atoms with Gasteiger partial charge in [-0.15, -0.1) is 0 Å². The molecule has 188 valence electrons. The van der Waals surface area contributed by atoms with Gasteiger partial charge < -0.3 is 19.9 Å². The summed E-state index contributed by atoms with van der Waals surface area (Å²) in [4.78, 5) is 18.8. The van der Waals surface area contributed by atoms with E-state index in [1.807, 2.05) is 48.7 Å². The Labute approximate surface area is 222 Å². The second-order valence-corrected chi connectivity index (χ2v) is 10.1. The number of aryl methyl sites for hydroxylation is 1. The van der Waals surface area contributed by atoms with E-state index in [-0.39, 0.29) is 17.6 Å². The lowest BCUT2D eigenvalue weighted by atomic mass is 9.96. The Morgan fingerprint density at radius 2 is 1.73 bits per heavy atom. The van der Waals surface area contributed by atoms with Gasteiger partial charge in [-0.1, -0.05) is 44.2 Å². The first-order valence-electron chi connectivity index (χ1n) is 12.4. The van der Waals surface area contributed by atoms with E-state index in [1.165, 1.54) is 5.56 Å². The van der Waals surface area contributed by atoms with Crippen LogP contribution in [0, 0.1) is 13.8 Å². The number of nitrogens with one attached hydrogen (secondary N) is 1. The van der Waals surface area contributed by atoms with Gasteiger partial charge in [0.25, 0.3) is 0 Å². The average molecular weight is 511 g/mol. The molecule has 2 aromatic carbocycles. The SMILES string of the molecule is Cc1cc([C@@H]2[C@@H](c3ccccn3)NC(=S)N2c2ccc(C(C)C)cc2)c(C)n1-c1ccccc1C(=O)O. The zero-order valence-corrected chi connectivity index (χ0v) is 22.2. The molecule has 2 atom stereocenters. The summed E-state index contributed by atoms with van der Waals surface area (Å²) in [6.07, 6.45) is 1.80. The van der Waals surface area contributed by atoms with Crippen LogP contribution in [0.1, 0.15) is 70.4 Å². The smallest absolute Gasteiger partial charge is 0.337 e. The van der Waals surface area contributed by atoms with Crippen LogP contribution >= 0.6 is 12.2 Å². The van der Waals surface area contributed by atoms with Gasteiger partial charge in [-0.3, -0.25) is 4.98 Å². The minimum atomic E-state index is -0.952. The molecule has 0 bridgehead atoms. The number of carbonyl (C=O) groups is 1. The molecule has 1 aliphatic rings. The van der Waals surface area contributed by atoms with Crippen molar-refractivity contribution in [2.24, 2.45) is 0 Å². The number of aromatic carboxylic acids is 1. The van der Waals surface area contributed by atoms with Crippen LogP contribution in [0.3, 0.4) is 0 Å². The molecular formula is C30H30N4O2S. The molecule has 2 aromatic heterocycles. The number of hydrogen-bond donors (Lipinski definition) is 2. The topological polar surface area (TPSA) is 70.4 Å². The highest BCUT2D eigenvalue weighted by atomic mass is 32.1. The quantitative estimate of drug-likeness (QED) is 0.289. The van der Waals surface area contributed by atoms with Crippen molar-refractivity contribution in [3.05, 3.63) is 113 Å². The Bertz CT molecular complexity index is 1460. The lowest BCUT2D eigenvalue weighted by Gasteiger charge is -2.28. The maximum Gasteiger partial charge on any atom is 0.337 e. The largest absolute Gasteiger partial charge is 0.478 e. The minimum Gasteiger partial charge on any atom is -0.478 e. The van der Waals surface area contributed by atoms with Crippen molar-refractivity contribution in [2.75, 3.05) is 4.90 Å². The molecule has 0 aliphatic carbocycles. The number of para-hydroxylation sites is 1. The van der Waals surface area contributed by atoms with Gasteiger partial charge in [0, 0.05) is 23.3 Å². The first kappa shape index (κ1) is 24.7. The molecule has 6 nitrogen and oxygen atoms in total. The highest BCUT2D eigenvalue weighted by Gasteiger charge is 2.42. The van der Waals surface area contributed by atoms with Crippen molar-refractivity contribution < 1.29 is 9.90 Å². The molecule has 0 radical (unpaired) electrons. The van der Waals surface area contributed by atoms with Crippen LogP contribution < -0.4 is 10.2 Å². The molecule has 7 heteroatoms.